The highest BCUT2D eigenvalue weighted by Gasteiger charge is 2.24. The zero-order chi connectivity index (χ0) is 20.2. The maximum atomic E-state index is 13.0. The molecule has 1 aliphatic carbocycles. The highest BCUT2D eigenvalue weighted by molar-refractivity contribution is 7.18. The van der Waals surface area contributed by atoms with E-state index in [1.165, 1.54) is 41.8 Å². The molecule has 1 amide bonds. The number of aryl methyl sites for hydroxylation is 2. The molecule has 2 fully saturated rings. The molecule has 0 atom stereocenters. The Kier molecular flexibility index (Phi) is 6.55. The maximum Gasteiger partial charge on any atom is 0.261 e. The molecule has 1 saturated heterocycles. The Hall–Kier alpha value is -1.86. The Morgan fingerprint density at radius 2 is 1.97 bits per heavy atom. The average Bonchev–Trinajstić information content (AvgIpc) is 3.18. The number of morpholine rings is 1. The van der Waals surface area contributed by atoms with E-state index in [2.05, 4.69) is 33.4 Å². The molecular weight excluding hydrogens is 384 g/mol. The third-order valence-electron chi connectivity index (χ3n) is 6.15. The van der Waals surface area contributed by atoms with Gasteiger partial charge in [-0.25, -0.2) is 0 Å². The summed E-state index contributed by atoms with van der Waals surface area (Å²) >= 11 is 1.63. The molecule has 0 spiro atoms. The zero-order valence-electron chi connectivity index (χ0n) is 17.6. The summed E-state index contributed by atoms with van der Waals surface area (Å²) < 4.78 is 5.54. The molecular formula is C22H32N4O2S. The monoisotopic (exact) mass is 416 g/mol. The van der Waals surface area contributed by atoms with Crippen LogP contribution in [0.3, 0.4) is 0 Å². The fourth-order valence-corrected chi connectivity index (χ4v) is 5.53. The third-order valence-corrected chi connectivity index (χ3v) is 7.38. The van der Waals surface area contributed by atoms with E-state index < -0.39 is 0 Å². The van der Waals surface area contributed by atoms with E-state index in [9.17, 15) is 4.79 Å². The summed E-state index contributed by atoms with van der Waals surface area (Å²) in [6, 6.07) is 2.42. The number of H-pyrrole nitrogens is 1. The second kappa shape index (κ2) is 9.30. The molecule has 0 aromatic carbocycles. The number of hydrogen-bond donors (Lipinski definition) is 2. The Labute approximate surface area is 177 Å². The van der Waals surface area contributed by atoms with Crippen molar-refractivity contribution in [1.82, 2.24) is 15.5 Å². The van der Waals surface area contributed by atoms with Gasteiger partial charge in [-0.2, -0.15) is 5.10 Å². The van der Waals surface area contributed by atoms with Crippen LogP contribution in [0.5, 0.6) is 0 Å². The van der Waals surface area contributed by atoms with Crippen molar-refractivity contribution in [3.05, 3.63) is 33.5 Å². The van der Waals surface area contributed by atoms with Crippen LogP contribution in [0.1, 0.15) is 70.7 Å². The van der Waals surface area contributed by atoms with Crippen LogP contribution in [-0.4, -0.2) is 48.4 Å². The first kappa shape index (κ1) is 20.4. The number of thiophene rings is 1. The van der Waals surface area contributed by atoms with Gasteiger partial charge in [0.15, 0.2) is 0 Å². The minimum atomic E-state index is 0.0864. The van der Waals surface area contributed by atoms with Gasteiger partial charge in [0, 0.05) is 36.8 Å². The molecule has 2 aromatic heterocycles. The number of nitrogens with zero attached hydrogens (tertiary/aromatic N) is 2. The fraction of sp³-hybridized carbons (Fsp3) is 0.636. The van der Waals surface area contributed by atoms with E-state index in [0.29, 0.717) is 6.04 Å². The van der Waals surface area contributed by atoms with Gasteiger partial charge < -0.3 is 15.0 Å². The molecule has 0 bridgehead atoms. The summed E-state index contributed by atoms with van der Waals surface area (Å²) in [5.74, 6) is 0.0864. The third kappa shape index (κ3) is 4.83. The lowest BCUT2D eigenvalue weighted by atomic mass is 10.0. The number of aromatic amines is 1. The van der Waals surface area contributed by atoms with Gasteiger partial charge >= 0.3 is 0 Å². The molecule has 0 radical (unpaired) electrons. The van der Waals surface area contributed by atoms with Crippen LogP contribution in [0.4, 0.5) is 5.00 Å². The zero-order valence-corrected chi connectivity index (χ0v) is 18.4. The first-order valence-corrected chi connectivity index (χ1v) is 11.7. The first-order chi connectivity index (χ1) is 14.1. The van der Waals surface area contributed by atoms with Crippen LogP contribution >= 0.6 is 11.3 Å². The molecule has 7 heteroatoms. The molecule has 2 aromatic rings. The number of carbonyl (C=O) groups excluding carboxylic acids is 1. The lowest BCUT2D eigenvalue weighted by Gasteiger charge is -2.28. The molecule has 29 heavy (non-hydrogen) atoms. The molecule has 1 aliphatic heterocycles. The van der Waals surface area contributed by atoms with E-state index in [-0.39, 0.29) is 5.91 Å². The number of nitrogens with one attached hydrogen (secondary N) is 2. The molecule has 2 N–H and O–H groups in total. The Morgan fingerprint density at radius 3 is 2.62 bits per heavy atom. The van der Waals surface area contributed by atoms with Crippen molar-refractivity contribution in [3.8, 4) is 0 Å². The molecule has 2 aliphatic rings. The number of rotatable bonds is 5. The standard InChI is InChI=1S/C22H32N4O2S/c1-15-19(16(2)25-24-15)13-17-14-20(29-22(17)26-9-11-28-12-10-26)21(27)23-18-7-5-3-4-6-8-18/h14,18H,3-13H2,1-2H3,(H,23,27)(H,24,25). The highest BCUT2D eigenvalue weighted by Crippen LogP contribution is 2.35. The predicted molar refractivity (Wildman–Crippen MR) is 117 cm³/mol. The smallest absolute Gasteiger partial charge is 0.261 e. The van der Waals surface area contributed by atoms with Gasteiger partial charge in [0.05, 0.1) is 28.8 Å². The molecule has 3 heterocycles. The lowest BCUT2D eigenvalue weighted by molar-refractivity contribution is 0.0937. The van der Waals surface area contributed by atoms with E-state index in [1.54, 1.807) is 11.3 Å². The summed E-state index contributed by atoms with van der Waals surface area (Å²) in [5, 5.41) is 12.0. The Bertz CT molecular complexity index is 810. The minimum absolute atomic E-state index is 0.0864. The van der Waals surface area contributed by atoms with Crippen molar-refractivity contribution in [1.29, 1.82) is 0 Å². The van der Waals surface area contributed by atoms with Crippen molar-refractivity contribution in [2.45, 2.75) is 64.8 Å². The van der Waals surface area contributed by atoms with Crippen LogP contribution in [0.25, 0.3) is 0 Å². The van der Waals surface area contributed by atoms with Crippen molar-refractivity contribution in [2.75, 3.05) is 31.2 Å². The summed E-state index contributed by atoms with van der Waals surface area (Å²) in [6.45, 7) is 7.34. The van der Waals surface area contributed by atoms with Gasteiger partial charge in [-0.3, -0.25) is 9.89 Å². The second-order valence-electron chi connectivity index (χ2n) is 8.29. The first-order valence-electron chi connectivity index (χ1n) is 10.9. The minimum Gasteiger partial charge on any atom is -0.378 e. The van der Waals surface area contributed by atoms with Gasteiger partial charge in [0.2, 0.25) is 0 Å². The van der Waals surface area contributed by atoms with Crippen LogP contribution < -0.4 is 10.2 Å². The van der Waals surface area contributed by atoms with Crippen molar-refractivity contribution in [3.63, 3.8) is 0 Å². The van der Waals surface area contributed by atoms with Gasteiger partial charge in [-0.1, -0.05) is 25.7 Å². The van der Waals surface area contributed by atoms with E-state index >= 15 is 0 Å². The average molecular weight is 417 g/mol. The molecule has 6 nitrogen and oxygen atoms in total. The van der Waals surface area contributed by atoms with Crippen molar-refractivity contribution < 1.29 is 9.53 Å². The topological polar surface area (TPSA) is 70.2 Å². The van der Waals surface area contributed by atoms with E-state index in [1.807, 2.05) is 6.92 Å². The number of anilines is 1. The molecule has 4 rings (SSSR count). The Balaban J connectivity index is 1.57. The molecule has 1 saturated carbocycles. The van der Waals surface area contributed by atoms with E-state index in [0.717, 1.165) is 61.8 Å². The van der Waals surface area contributed by atoms with Gasteiger partial charge in [-0.05, 0) is 38.3 Å². The number of amides is 1. The predicted octanol–water partition coefficient (Wildman–Crippen LogP) is 3.97. The lowest BCUT2D eigenvalue weighted by Crippen LogP contribution is -2.36. The number of ether oxygens (including phenoxy) is 1. The van der Waals surface area contributed by atoms with Gasteiger partial charge in [0.1, 0.15) is 0 Å². The Morgan fingerprint density at radius 1 is 1.24 bits per heavy atom. The second-order valence-corrected chi connectivity index (χ2v) is 9.32. The van der Waals surface area contributed by atoms with Crippen LogP contribution in [0.15, 0.2) is 6.07 Å². The van der Waals surface area contributed by atoms with Crippen molar-refractivity contribution in [2.24, 2.45) is 0 Å². The van der Waals surface area contributed by atoms with Crippen LogP contribution in [0, 0.1) is 13.8 Å². The maximum absolute atomic E-state index is 13.0. The highest BCUT2D eigenvalue weighted by atomic mass is 32.1. The quantitative estimate of drug-likeness (QED) is 0.724. The summed E-state index contributed by atoms with van der Waals surface area (Å²) in [5.41, 5.74) is 4.58. The fourth-order valence-electron chi connectivity index (χ4n) is 4.40. The number of carbonyl (C=O) groups is 1. The number of hydrogen-bond acceptors (Lipinski definition) is 5. The van der Waals surface area contributed by atoms with Gasteiger partial charge in [-0.15, -0.1) is 11.3 Å². The molecule has 158 valence electrons. The van der Waals surface area contributed by atoms with Crippen molar-refractivity contribution >= 4 is 22.2 Å². The number of aromatic nitrogens is 2. The van der Waals surface area contributed by atoms with Crippen LogP contribution in [-0.2, 0) is 11.2 Å². The normalized spacial score (nSPS) is 18.6. The summed E-state index contributed by atoms with van der Waals surface area (Å²) in [4.78, 5) is 16.2. The molecule has 0 unspecified atom stereocenters. The summed E-state index contributed by atoms with van der Waals surface area (Å²) in [6.07, 6.45) is 8.03. The van der Waals surface area contributed by atoms with Crippen LogP contribution in [0.2, 0.25) is 0 Å². The largest absolute Gasteiger partial charge is 0.378 e. The SMILES string of the molecule is Cc1n[nH]c(C)c1Cc1cc(C(=O)NC2CCCCCC2)sc1N1CCOCC1. The summed E-state index contributed by atoms with van der Waals surface area (Å²) in [7, 11) is 0. The van der Waals surface area contributed by atoms with Gasteiger partial charge in [0.25, 0.3) is 5.91 Å². The van der Waals surface area contributed by atoms with E-state index in [4.69, 9.17) is 4.74 Å².